The molecule has 0 bridgehead atoms. The van der Waals surface area contributed by atoms with Gasteiger partial charge in [0.2, 0.25) is 0 Å². The molecular weight excluding hydrogens is 254 g/mol. The predicted molar refractivity (Wildman–Crippen MR) is 73.2 cm³/mol. The second-order valence-corrected chi connectivity index (χ2v) is 5.74. The minimum absolute atomic E-state index is 0.122. The molecule has 3 rings (SSSR count). The first-order valence-electron chi connectivity index (χ1n) is 7.13. The van der Waals surface area contributed by atoms with Crippen molar-refractivity contribution in [2.75, 3.05) is 19.8 Å². The monoisotopic (exact) mass is 273 g/mol. The lowest BCUT2D eigenvalue weighted by Gasteiger charge is -2.40. The van der Waals surface area contributed by atoms with E-state index in [1.54, 1.807) is 0 Å². The minimum Gasteiger partial charge on any atom is -0.492 e. The fraction of sp³-hybridized carbons (Fsp3) is 0.562. The predicted octanol–water partition coefficient (Wildman–Crippen LogP) is 1.92. The number of aliphatic hydroxyl groups excluding tert-OH is 1. The van der Waals surface area contributed by atoms with E-state index in [1.165, 1.54) is 0 Å². The van der Waals surface area contributed by atoms with E-state index in [1.807, 2.05) is 24.3 Å². The molecule has 1 aromatic carbocycles. The zero-order chi connectivity index (χ0) is 14.0. The number of benzene rings is 1. The summed E-state index contributed by atoms with van der Waals surface area (Å²) in [4.78, 5) is 0. The Bertz CT molecular complexity index is 519. The Morgan fingerprint density at radius 1 is 1.30 bits per heavy atom. The van der Waals surface area contributed by atoms with E-state index < -0.39 is 11.5 Å². The van der Waals surface area contributed by atoms with Gasteiger partial charge in [0, 0.05) is 19.6 Å². The molecule has 4 heteroatoms. The minimum atomic E-state index is -0.837. The summed E-state index contributed by atoms with van der Waals surface area (Å²) in [6.07, 6.45) is 1.52. The van der Waals surface area contributed by atoms with Crippen LogP contribution in [0.15, 0.2) is 24.3 Å². The number of para-hydroxylation sites is 1. The molecule has 0 saturated carbocycles. The van der Waals surface area contributed by atoms with E-state index in [2.05, 4.69) is 6.07 Å². The number of nitrogens with zero attached hydrogens (tertiary/aromatic N) is 1. The van der Waals surface area contributed by atoms with Crippen LogP contribution in [0.25, 0.3) is 0 Å². The smallest absolute Gasteiger partial charge is 0.122 e. The van der Waals surface area contributed by atoms with Crippen molar-refractivity contribution in [3.63, 3.8) is 0 Å². The second-order valence-electron chi connectivity index (χ2n) is 5.74. The van der Waals surface area contributed by atoms with Crippen LogP contribution in [-0.2, 0) is 11.2 Å². The maximum Gasteiger partial charge on any atom is 0.122 e. The molecule has 1 fully saturated rings. The van der Waals surface area contributed by atoms with E-state index in [4.69, 9.17) is 9.47 Å². The average Bonchev–Trinajstić information content (AvgIpc) is 2.54. The quantitative estimate of drug-likeness (QED) is 0.894. The van der Waals surface area contributed by atoms with Gasteiger partial charge >= 0.3 is 0 Å². The van der Waals surface area contributed by atoms with Crippen molar-refractivity contribution < 1.29 is 14.6 Å². The Morgan fingerprint density at radius 3 is 2.80 bits per heavy atom. The maximum absolute atomic E-state index is 10.7. The highest BCUT2D eigenvalue weighted by Gasteiger charge is 2.46. The molecule has 2 atom stereocenters. The average molecular weight is 273 g/mol. The zero-order valence-electron chi connectivity index (χ0n) is 11.4. The number of fused-ring (bicyclic) bond motifs is 1. The molecule has 106 valence electrons. The van der Waals surface area contributed by atoms with Gasteiger partial charge in [-0.1, -0.05) is 18.2 Å². The Hall–Kier alpha value is -1.57. The van der Waals surface area contributed by atoms with Gasteiger partial charge in [-0.15, -0.1) is 0 Å². The molecule has 0 amide bonds. The van der Waals surface area contributed by atoms with Gasteiger partial charge in [0.05, 0.1) is 12.2 Å². The zero-order valence-corrected chi connectivity index (χ0v) is 11.4. The highest BCUT2D eigenvalue weighted by atomic mass is 16.5. The van der Waals surface area contributed by atoms with Crippen LogP contribution >= 0.6 is 0 Å². The van der Waals surface area contributed by atoms with Gasteiger partial charge in [-0.2, -0.15) is 5.26 Å². The Kier molecular flexibility index (Phi) is 3.64. The summed E-state index contributed by atoms with van der Waals surface area (Å²) in [7, 11) is 0. The van der Waals surface area contributed by atoms with E-state index in [0.717, 1.165) is 24.2 Å². The van der Waals surface area contributed by atoms with Gasteiger partial charge in [0.1, 0.15) is 17.8 Å². The summed E-state index contributed by atoms with van der Waals surface area (Å²) < 4.78 is 11.1. The summed E-state index contributed by atoms with van der Waals surface area (Å²) in [6.45, 7) is 1.60. The molecule has 0 aliphatic carbocycles. The second kappa shape index (κ2) is 5.43. The fourth-order valence-electron chi connectivity index (χ4n) is 3.20. The van der Waals surface area contributed by atoms with Crippen LogP contribution in [0.4, 0.5) is 0 Å². The topological polar surface area (TPSA) is 62.5 Å². The number of ether oxygens (including phenoxy) is 2. The highest BCUT2D eigenvalue weighted by molar-refractivity contribution is 5.38. The van der Waals surface area contributed by atoms with Crippen molar-refractivity contribution in [2.24, 2.45) is 11.3 Å². The molecule has 4 nitrogen and oxygen atoms in total. The number of hydrogen-bond donors (Lipinski definition) is 1. The van der Waals surface area contributed by atoms with Crippen molar-refractivity contribution >= 4 is 0 Å². The van der Waals surface area contributed by atoms with Gasteiger partial charge in [0.15, 0.2) is 0 Å². The normalized spacial score (nSPS) is 28.0. The van der Waals surface area contributed by atoms with Gasteiger partial charge in [-0.25, -0.2) is 0 Å². The van der Waals surface area contributed by atoms with Crippen molar-refractivity contribution in [3.05, 3.63) is 29.8 Å². The van der Waals surface area contributed by atoms with Gasteiger partial charge < -0.3 is 14.6 Å². The third-order valence-corrected chi connectivity index (χ3v) is 4.47. The third kappa shape index (κ3) is 2.28. The summed E-state index contributed by atoms with van der Waals surface area (Å²) in [5.41, 5.74) is 0.169. The molecule has 2 aliphatic heterocycles. The van der Waals surface area contributed by atoms with Crippen LogP contribution in [0.3, 0.4) is 0 Å². The first kappa shape index (κ1) is 13.4. The van der Waals surface area contributed by atoms with Crippen LogP contribution in [0.2, 0.25) is 0 Å². The van der Waals surface area contributed by atoms with Gasteiger partial charge in [-0.05, 0) is 30.4 Å². The molecule has 0 aromatic heterocycles. The van der Waals surface area contributed by atoms with Crippen LogP contribution in [0.1, 0.15) is 18.4 Å². The Morgan fingerprint density at radius 2 is 2.05 bits per heavy atom. The first-order chi connectivity index (χ1) is 9.75. The van der Waals surface area contributed by atoms with Crippen molar-refractivity contribution in [3.8, 4) is 11.8 Å². The third-order valence-electron chi connectivity index (χ3n) is 4.47. The Balaban J connectivity index is 1.84. The van der Waals surface area contributed by atoms with Gasteiger partial charge in [-0.3, -0.25) is 0 Å². The van der Waals surface area contributed by atoms with Crippen LogP contribution in [-0.4, -0.2) is 31.0 Å². The van der Waals surface area contributed by atoms with E-state index in [-0.39, 0.29) is 12.5 Å². The van der Waals surface area contributed by atoms with Crippen LogP contribution in [0, 0.1) is 22.7 Å². The number of aliphatic hydroxyl groups is 1. The molecule has 1 N–H and O–H groups in total. The van der Waals surface area contributed by atoms with Crippen molar-refractivity contribution in [2.45, 2.75) is 25.4 Å². The summed E-state index contributed by atoms with van der Waals surface area (Å²) >= 11 is 0. The van der Waals surface area contributed by atoms with Crippen LogP contribution in [0.5, 0.6) is 5.75 Å². The maximum atomic E-state index is 10.7. The van der Waals surface area contributed by atoms with E-state index in [9.17, 15) is 10.4 Å². The molecule has 1 saturated heterocycles. The molecule has 20 heavy (non-hydrogen) atoms. The summed E-state index contributed by atoms with van der Waals surface area (Å²) in [6, 6.07) is 10.1. The van der Waals surface area contributed by atoms with E-state index >= 15 is 0 Å². The van der Waals surface area contributed by atoms with Crippen molar-refractivity contribution in [1.82, 2.24) is 0 Å². The molecule has 1 aromatic rings. The Labute approximate surface area is 118 Å². The summed E-state index contributed by atoms with van der Waals surface area (Å²) in [5.74, 6) is 0.954. The lowest BCUT2D eigenvalue weighted by molar-refractivity contribution is -0.0563. The largest absolute Gasteiger partial charge is 0.492 e. The molecule has 0 radical (unpaired) electrons. The standard InChI is InChI=1S/C16H19NO3/c17-10-16(15(18)12-5-7-19-8-6-12)9-13-3-1-2-4-14(13)20-11-16/h1-4,12,15,18H,5-9,11H2. The van der Waals surface area contributed by atoms with E-state index in [0.29, 0.717) is 19.6 Å². The highest BCUT2D eigenvalue weighted by Crippen LogP contribution is 2.40. The lowest BCUT2D eigenvalue weighted by Crippen LogP contribution is -2.48. The van der Waals surface area contributed by atoms with Gasteiger partial charge in [0.25, 0.3) is 0 Å². The number of rotatable bonds is 2. The molecular formula is C16H19NO3. The number of hydrogen-bond acceptors (Lipinski definition) is 4. The molecule has 0 spiro atoms. The lowest BCUT2D eigenvalue weighted by atomic mass is 9.71. The fourth-order valence-corrected chi connectivity index (χ4v) is 3.20. The molecule has 2 aliphatic rings. The summed E-state index contributed by atoms with van der Waals surface area (Å²) in [5, 5.41) is 20.4. The molecule has 2 unspecified atom stereocenters. The first-order valence-corrected chi connectivity index (χ1v) is 7.13. The SMILES string of the molecule is N#CC1(C(O)C2CCOCC2)COc2ccccc2C1. The van der Waals surface area contributed by atoms with Crippen molar-refractivity contribution in [1.29, 1.82) is 5.26 Å². The van der Waals surface area contributed by atoms with Crippen LogP contribution < -0.4 is 4.74 Å². The number of nitriles is 1. The molecule has 2 heterocycles.